The minimum absolute atomic E-state index is 0. The number of carbonyl (C=O) groups excluding carboxylic acids is 3. The van der Waals surface area contributed by atoms with Crippen molar-refractivity contribution in [3.05, 3.63) is 102 Å². The second kappa shape index (κ2) is 20.6. The molecule has 0 unspecified atom stereocenters. The number of esters is 1. The van der Waals surface area contributed by atoms with E-state index in [1.807, 2.05) is 13.0 Å². The number of benzene rings is 3. The molecule has 5 N–H and O–H groups in total. The number of phenolic OH excluding ortho intramolecular Hbond substituents is 3. The maximum Gasteiger partial charge on any atom is 0.422 e. The van der Waals surface area contributed by atoms with Gasteiger partial charge in [0, 0.05) is 45.2 Å². The van der Waals surface area contributed by atoms with E-state index in [2.05, 4.69) is 63.7 Å². The molecule has 16 heteroatoms. The zero-order chi connectivity index (χ0) is 36.0. The molecular weight excluding hydrogens is 831 g/mol. The number of nitrogens with one attached hydrogen (secondary N) is 2. The first-order chi connectivity index (χ1) is 22.5. The van der Waals surface area contributed by atoms with E-state index >= 15 is 0 Å². The van der Waals surface area contributed by atoms with E-state index in [0.29, 0.717) is 37.1 Å². The van der Waals surface area contributed by atoms with Crippen LogP contribution in [0.25, 0.3) is 0 Å². The lowest BCUT2D eigenvalue weighted by Crippen LogP contribution is -2.40. The van der Waals surface area contributed by atoms with Gasteiger partial charge in [0.25, 0.3) is 0 Å². The summed E-state index contributed by atoms with van der Waals surface area (Å²) in [6.45, 7) is 9.95. The third-order valence-corrected chi connectivity index (χ3v) is 7.33. The van der Waals surface area contributed by atoms with Crippen molar-refractivity contribution < 1.29 is 39.2 Å². The van der Waals surface area contributed by atoms with Gasteiger partial charge in [0.1, 0.15) is 22.8 Å². The predicted octanol–water partition coefficient (Wildman–Crippen LogP) is 7.16. The first-order valence-electron chi connectivity index (χ1n) is 14.3. The molecular formula is C33H37BBr3N4O8. The molecule has 12 nitrogen and oxygen atoms in total. The fraction of sp³-hybridized carbons (Fsp3) is 0.273. The Kier molecular flexibility index (Phi) is 18.2. The molecule has 1 aromatic heterocycles. The van der Waals surface area contributed by atoms with Crippen molar-refractivity contribution in [3.8, 4) is 17.2 Å². The summed E-state index contributed by atoms with van der Waals surface area (Å²) in [5.74, 6) is -0.0662. The molecule has 4 aromatic rings. The minimum atomic E-state index is -0.558. The standard InChI is InChI=1S/C14H15BrN2O3.C12H17BrN2O3.C7H5BrO2.B/c1-3-20-14(19)12-6-9(2)17(16-12)8-10-7-11(15)4-5-13(10)18;1-12(2,3)18-11(17)15-14-7-8-6-9(13)4-5-10(8)16;8-6-1-2-7(10)5(3-6)4-9;/h4-7,18H,3,8H2,1-2H3;4-6,14,16H,7H2,1-3H3,(H,15,17);1-4,10H;. The van der Waals surface area contributed by atoms with Gasteiger partial charge in [0.05, 0.1) is 18.7 Å². The van der Waals surface area contributed by atoms with E-state index in [1.165, 1.54) is 6.07 Å². The Morgan fingerprint density at radius 3 is 1.94 bits per heavy atom. The lowest BCUT2D eigenvalue weighted by molar-refractivity contribution is 0.0492. The highest BCUT2D eigenvalue weighted by Gasteiger charge is 2.16. The number of halogens is 3. The van der Waals surface area contributed by atoms with E-state index in [0.717, 1.165) is 24.7 Å². The molecule has 0 fully saturated rings. The van der Waals surface area contributed by atoms with Crippen LogP contribution in [-0.2, 0) is 22.6 Å². The van der Waals surface area contributed by atoms with Crippen molar-refractivity contribution in [2.45, 2.75) is 53.3 Å². The average Bonchev–Trinajstić information content (AvgIpc) is 3.37. The van der Waals surface area contributed by atoms with E-state index in [1.54, 1.807) is 80.9 Å². The fourth-order valence-corrected chi connectivity index (χ4v) is 4.84. The van der Waals surface area contributed by atoms with E-state index in [4.69, 9.17) is 14.6 Å². The van der Waals surface area contributed by atoms with Crippen LogP contribution in [0.3, 0.4) is 0 Å². The number of hydrogen-bond donors (Lipinski definition) is 5. The molecule has 3 radical (unpaired) electrons. The third kappa shape index (κ3) is 15.5. The smallest absolute Gasteiger partial charge is 0.422 e. The average molecular weight is 868 g/mol. The summed E-state index contributed by atoms with van der Waals surface area (Å²) >= 11 is 9.84. The number of aryl methyl sites for hydroxylation is 1. The molecule has 49 heavy (non-hydrogen) atoms. The van der Waals surface area contributed by atoms with Gasteiger partial charge in [-0.3, -0.25) is 14.9 Å². The molecule has 0 saturated carbocycles. The van der Waals surface area contributed by atoms with Crippen LogP contribution in [0.4, 0.5) is 4.79 Å². The van der Waals surface area contributed by atoms with Gasteiger partial charge in [0.15, 0.2) is 12.0 Å². The highest BCUT2D eigenvalue weighted by atomic mass is 79.9. The largest absolute Gasteiger partial charge is 0.508 e. The highest BCUT2D eigenvalue weighted by molar-refractivity contribution is 9.11. The summed E-state index contributed by atoms with van der Waals surface area (Å²) in [7, 11) is 0. The first-order valence-corrected chi connectivity index (χ1v) is 16.7. The number of hydrogen-bond acceptors (Lipinski definition) is 10. The van der Waals surface area contributed by atoms with Crippen LogP contribution in [0.1, 0.15) is 65.4 Å². The van der Waals surface area contributed by atoms with Gasteiger partial charge in [-0.2, -0.15) is 5.10 Å². The van der Waals surface area contributed by atoms with Crippen LogP contribution in [-0.4, -0.2) is 64.1 Å². The van der Waals surface area contributed by atoms with Gasteiger partial charge in [-0.1, -0.05) is 47.8 Å². The van der Waals surface area contributed by atoms with Gasteiger partial charge in [-0.15, -0.1) is 0 Å². The molecule has 4 rings (SSSR count). The lowest BCUT2D eigenvalue weighted by atomic mass is 10.2. The number of aldehydes is 1. The van der Waals surface area contributed by atoms with Crippen molar-refractivity contribution in [3.63, 3.8) is 0 Å². The Morgan fingerprint density at radius 2 is 1.41 bits per heavy atom. The fourth-order valence-electron chi connectivity index (χ4n) is 3.65. The number of phenols is 3. The summed E-state index contributed by atoms with van der Waals surface area (Å²) in [6.07, 6.45) is 0.0529. The summed E-state index contributed by atoms with van der Waals surface area (Å²) in [5, 5.41) is 32.6. The number of nitrogens with zero attached hydrogens (tertiary/aromatic N) is 2. The monoisotopic (exact) mass is 865 g/mol. The van der Waals surface area contributed by atoms with Crippen LogP contribution >= 0.6 is 47.8 Å². The molecule has 0 aliphatic rings. The zero-order valence-electron chi connectivity index (χ0n) is 27.5. The number of amides is 1. The molecule has 261 valence electrons. The topological polar surface area (TPSA) is 172 Å². The van der Waals surface area contributed by atoms with Crippen LogP contribution in [0, 0.1) is 6.92 Å². The Hall–Kier alpha value is -3.86. The second-order valence-corrected chi connectivity index (χ2v) is 13.6. The SMILES string of the molecule is CC(C)(C)OC(=O)NNCc1cc(Br)ccc1O.CCOC(=O)c1cc(C)n(Cc2cc(Br)ccc2O)n1.O=Cc1cc(Br)ccc1O.[B]. The van der Waals surface area contributed by atoms with Crippen molar-refractivity contribution in [2.75, 3.05) is 6.61 Å². The Labute approximate surface area is 312 Å². The van der Waals surface area contributed by atoms with Crippen molar-refractivity contribution >= 4 is 74.6 Å². The van der Waals surface area contributed by atoms with Crippen molar-refractivity contribution in [1.29, 1.82) is 0 Å². The number of aromatic nitrogens is 2. The van der Waals surface area contributed by atoms with Crippen LogP contribution in [0.2, 0.25) is 0 Å². The second-order valence-electron chi connectivity index (χ2n) is 10.9. The molecule has 0 aliphatic heterocycles. The molecule has 0 aliphatic carbocycles. The van der Waals surface area contributed by atoms with E-state index in [-0.39, 0.29) is 31.4 Å². The Morgan fingerprint density at radius 1 is 0.878 bits per heavy atom. The maximum atomic E-state index is 11.6. The van der Waals surface area contributed by atoms with Gasteiger partial charge in [0.2, 0.25) is 0 Å². The van der Waals surface area contributed by atoms with Gasteiger partial charge in [-0.05, 0) is 95.3 Å². The molecule has 0 spiro atoms. The Bertz CT molecular complexity index is 1710. The summed E-state index contributed by atoms with van der Waals surface area (Å²) in [5.41, 5.74) is 7.34. The quantitative estimate of drug-likeness (QED) is 0.0530. The van der Waals surface area contributed by atoms with E-state index < -0.39 is 17.7 Å². The summed E-state index contributed by atoms with van der Waals surface area (Å²) in [6, 6.07) is 16.6. The third-order valence-electron chi connectivity index (χ3n) is 5.85. The predicted molar refractivity (Wildman–Crippen MR) is 197 cm³/mol. The van der Waals surface area contributed by atoms with Crippen molar-refractivity contribution in [2.24, 2.45) is 0 Å². The van der Waals surface area contributed by atoms with Crippen LogP contribution < -0.4 is 10.9 Å². The molecule has 1 heterocycles. The molecule has 0 atom stereocenters. The summed E-state index contributed by atoms with van der Waals surface area (Å²) in [4.78, 5) is 33.2. The highest BCUT2D eigenvalue weighted by Crippen LogP contribution is 2.24. The minimum Gasteiger partial charge on any atom is -0.508 e. The lowest BCUT2D eigenvalue weighted by Gasteiger charge is -2.19. The number of rotatable bonds is 8. The number of hydrazine groups is 1. The first kappa shape index (κ1) is 43.2. The maximum absolute atomic E-state index is 11.6. The van der Waals surface area contributed by atoms with Gasteiger partial charge < -0.3 is 24.8 Å². The van der Waals surface area contributed by atoms with Gasteiger partial charge in [-0.25, -0.2) is 15.0 Å². The van der Waals surface area contributed by atoms with Crippen LogP contribution in [0.5, 0.6) is 17.2 Å². The summed E-state index contributed by atoms with van der Waals surface area (Å²) < 4.78 is 14.1. The molecule has 0 saturated heterocycles. The molecule has 1 amide bonds. The van der Waals surface area contributed by atoms with Gasteiger partial charge >= 0.3 is 12.1 Å². The van der Waals surface area contributed by atoms with E-state index in [9.17, 15) is 24.6 Å². The number of carbonyl (C=O) groups is 3. The molecule has 0 bridgehead atoms. The molecule has 3 aromatic carbocycles. The normalized spacial score (nSPS) is 10.3. The number of aromatic hydroxyl groups is 3. The Balaban J connectivity index is 0.000000382. The number of ether oxygens (including phenoxy) is 2. The van der Waals surface area contributed by atoms with Crippen molar-refractivity contribution in [1.82, 2.24) is 20.6 Å². The zero-order valence-corrected chi connectivity index (χ0v) is 32.2. The van der Waals surface area contributed by atoms with Crippen LogP contribution in [0.15, 0.2) is 74.1 Å².